The van der Waals surface area contributed by atoms with Gasteiger partial charge >= 0.3 is 6.03 Å². The molecule has 4 N–H and O–H groups in total. The Hall–Kier alpha value is -3.50. The van der Waals surface area contributed by atoms with E-state index in [1.54, 1.807) is 52.2 Å². The van der Waals surface area contributed by atoms with E-state index in [2.05, 4.69) is 15.6 Å². The summed E-state index contributed by atoms with van der Waals surface area (Å²) in [4.78, 5) is 33.1. The van der Waals surface area contributed by atoms with Crippen molar-refractivity contribution in [2.75, 3.05) is 44.8 Å². The first-order valence-corrected chi connectivity index (χ1v) is 11.8. The maximum absolute atomic E-state index is 13.8. The van der Waals surface area contributed by atoms with Gasteiger partial charge in [0.1, 0.15) is 11.5 Å². The summed E-state index contributed by atoms with van der Waals surface area (Å²) in [5.74, 6) is -0.634. The molecule has 2 aromatic heterocycles. The van der Waals surface area contributed by atoms with Gasteiger partial charge in [0.05, 0.1) is 11.4 Å². The van der Waals surface area contributed by atoms with E-state index in [0.29, 0.717) is 49.5 Å². The first-order chi connectivity index (χ1) is 16.3. The third kappa shape index (κ3) is 7.26. The molecule has 0 radical (unpaired) electrons. The van der Waals surface area contributed by atoms with Gasteiger partial charge in [-0.05, 0) is 43.8 Å². The Morgan fingerprint density at radius 3 is 2.56 bits per heavy atom. The number of benzene rings is 1. The highest BCUT2D eigenvalue weighted by molar-refractivity contribution is 7.09. The molecule has 3 aromatic rings. The molecule has 0 bridgehead atoms. The minimum atomic E-state index is -0.355. The van der Waals surface area contributed by atoms with Crippen LogP contribution in [0.25, 0.3) is 0 Å². The number of hydrogen-bond donors (Lipinski definition) is 3. The molecule has 180 valence electrons. The predicted molar refractivity (Wildman–Crippen MR) is 133 cm³/mol. The zero-order valence-corrected chi connectivity index (χ0v) is 20.1. The molecular formula is C24H29FN6O2S. The third-order valence-electron chi connectivity index (χ3n) is 5.10. The van der Waals surface area contributed by atoms with Crippen LogP contribution in [0.3, 0.4) is 0 Å². The van der Waals surface area contributed by atoms with Crippen LogP contribution >= 0.6 is 11.3 Å². The Kier molecular flexibility index (Phi) is 8.94. The van der Waals surface area contributed by atoms with Gasteiger partial charge in [0.15, 0.2) is 0 Å². The number of rotatable bonds is 10. The van der Waals surface area contributed by atoms with E-state index in [1.807, 2.05) is 19.0 Å². The number of nitrogens with one attached hydrogen (secondary N) is 2. The van der Waals surface area contributed by atoms with Gasteiger partial charge in [0.2, 0.25) is 0 Å². The maximum Gasteiger partial charge on any atom is 0.317 e. The lowest BCUT2D eigenvalue weighted by Crippen LogP contribution is -2.43. The predicted octanol–water partition coefficient (Wildman–Crippen LogP) is 3.43. The van der Waals surface area contributed by atoms with Crippen molar-refractivity contribution >= 4 is 34.6 Å². The first kappa shape index (κ1) is 25.1. The minimum absolute atomic E-state index is 0.243. The first-order valence-electron chi connectivity index (χ1n) is 10.8. The number of thiophene rings is 1. The second kappa shape index (κ2) is 12.1. The van der Waals surface area contributed by atoms with E-state index in [9.17, 15) is 14.0 Å². The highest BCUT2D eigenvalue weighted by atomic mass is 32.1. The number of aromatic nitrogens is 1. The van der Waals surface area contributed by atoms with Crippen LogP contribution in [0.2, 0.25) is 0 Å². The molecule has 3 rings (SSSR count). The number of urea groups is 1. The second-order valence-corrected chi connectivity index (χ2v) is 8.79. The van der Waals surface area contributed by atoms with Gasteiger partial charge in [-0.25, -0.2) is 9.18 Å². The Morgan fingerprint density at radius 2 is 1.91 bits per heavy atom. The topological polar surface area (TPSA) is 104 Å². The van der Waals surface area contributed by atoms with Crippen LogP contribution in [0, 0.1) is 5.82 Å². The van der Waals surface area contributed by atoms with E-state index in [1.165, 1.54) is 17.4 Å². The van der Waals surface area contributed by atoms with Crippen LogP contribution in [-0.2, 0) is 13.0 Å². The molecular weight excluding hydrogens is 455 g/mol. The molecule has 1 aromatic carbocycles. The van der Waals surface area contributed by atoms with Gasteiger partial charge in [-0.1, -0.05) is 24.3 Å². The number of halogens is 1. The quantitative estimate of drug-likeness (QED) is 0.409. The molecule has 0 fully saturated rings. The zero-order valence-electron chi connectivity index (χ0n) is 19.3. The number of likely N-dealkylation sites (N-methyl/N-ethyl adjacent to an activating group) is 1. The Bertz CT molecular complexity index is 1100. The number of nitrogen functional groups attached to an aromatic ring is 1. The van der Waals surface area contributed by atoms with Crippen molar-refractivity contribution in [3.8, 4) is 0 Å². The fourth-order valence-corrected chi connectivity index (χ4v) is 3.83. The highest BCUT2D eigenvalue weighted by Crippen LogP contribution is 2.23. The molecule has 0 aliphatic carbocycles. The number of carbonyl (C=O) groups is 2. The third-order valence-corrected chi connectivity index (χ3v) is 5.87. The fraction of sp³-hybridized carbons (Fsp3) is 0.292. The summed E-state index contributed by atoms with van der Waals surface area (Å²) in [6, 6.07) is 9.68. The van der Waals surface area contributed by atoms with E-state index < -0.39 is 0 Å². The molecule has 0 saturated heterocycles. The largest absolute Gasteiger partial charge is 0.396 e. The van der Waals surface area contributed by atoms with Gasteiger partial charge in [0.25, 0.3) is 5.91 Å². The van der Waals surface area contributed by atoms with Crippen molar-refractivity contribution in [1.29, 1.82) is 0 Å². The Balaban J connectivity index is 1.59. The van der Waals surface area contributed by atoms with Crippen molar-refractivity contribution in [3.63, 3.8) is 0 Å². The van der Waals surface area contributed by atoms with Crippen molar-refractivity contribution < 1.29 is 14.0 Å². The second-order valence-electron chi connectivity index (χ2n) is 8.04. The molecule has 0 saturated carbocycles. The summed E-state index contributed by atoms with van der Waals surface area (Å²) >= 11 is 1.40. The average Bonchev–Trinajstić information content (AvgIpc) is 3.22. The van der Waals surface area contributed by atoms with Crippen LogP contribution in [0.4, 0.5) is 20.6 Å². The normalized spacial score (nSPS) is 10.8. The molecule has 10 heteroatoms. The fourth-order valence-electron chi connectivity index (χ4n) is 3.16. The van der Waals surface area contributed by atoms with Crippen molar-refractivity contribution in [1.82, 2.24) is 20.1 Å². The summed E-state index contributed by atoms with van der Waals surface area (Å²) in [6.07, 6.45) is 1.99. The standard InChI is InChI=1S/C24H29FN6O2S/c1-30(2)11-12-31(24(33)27-10-9-18-5-3-4-6-19(18)25)14-17-7-8-21(28-13-17)23(32)29-22-16-34-15-20(22)26/h3-8,13,15-16H,9-12,14,26H2,1-2H3,(H,27,33)(H,29,32). The lowest BCUT2D eigenvalue weighted by molar-refractivity contribution is 0.102. The number of pyridine rings is 1. The number of nitrogens with two attached hydrogens (primary N) is 1. The summed E-state index contributed by atoms with van der Waals surface area (Å²) in [7, 11) is 3.87. The smallest absolute Gasteiger partial charge is 0.317 e. The maximum atomic E-state index is 13.8. The minimum Gasteiger partial charge on any atom is -0.396 e. The monoisotopic (exact) mass is 484 g/mol. The van der Waals surface area contributed by atoms with Gasteiger partial charge in [-0.2, -0.15) is 0 Å². The number of nitrogens with zero attached hydrogens (tertiary/aromatic N) is 3. The molecule has 34 heavy (non-hydrogen) atoms. The van der Waals surface area contributed by atoms with Crippen molar-refractivity contribution in [3.05, 3.63) is 76.0 Å². The average molecular weight is 485 g/mol. The number of anilines is 2. The number of amides is 3. The van der Waals surface area contributed by atoms with E-state index in [0.717, 1.165) is 5.56 Å². The SMILES string of the molecule is CN(C)CCN(Cc1ccc(C(=O)Nc2cscc2N)nc1)C(=O)NCCc1ccccc1F. The number of carbonyl (C=O) groups excluding carboxylic acids is 2. The van der Waals surface area contributed by atoms with Crippen LogP contribution in [0.5, 0.6) is 0 Å². The molecule has 2 heterocycles. The lowest BCUT2D eigenvalue weighted by Gasteiger charge is -2.25. The van der Waals surface area contributed by atoms with Crippen LogP contribution in [-0.4, -0.2) is 60.5 Å². The molecule has 0 atom stereocenters. The summed E-state index contributed by atoms with van der Waals surface area (Å²) in [6.45, 7) is 1.82. The van der Waals surface area contributed by atoms with E-state index >= 15 is 0 Å². The van der Waals surface area contributed by atoms with Crippen LogP contribution in [0.1, 0.15) is 21.6 Å². The Morgan fingerprint density at radius 1 is 1.12 bits per heavy atom. The van der Waals surface area contributed by atoms with Crippen molar-refractivity contribution in [2.45, 2.75) is 13.0 Å². The van der Waals surface area contributed by atoms with E-state index in [-0.39, 0.29) is 23.4 Å². The molecule has 0 aliphatic rings. The zero-order chi connectivity index (χ0) is 24.5. The summed E-state index contributed by atoms with van der Waals surface area (Å²) < 4.78 is 13.8. The van der Waals surface area contributed by atoms with Crippen LogP contribution < -0.4 is 16.4 Å². The van der Waals surface area contributed by atoms with Crippen molar-refractivity contribution in [2.24, 2.45) is 0 Å². The Labute approximate surface area is 202 Å². The molecule has 3 amide bonds. The van der Waals surface area contributed by atoms with Gasteiger partial charge in [-0.15, -0.1) is 11.3 Å². The van der Waals surface area contributed by atoms with Gasteiger partial charge in [-0.3, -0.25) is 9.78 Å². The molecule has 0 unspecified atom stereocenters. The number of hydrogen-bond acceptors (Lipinski definition) is 6. The van der Waals surface area contributed by atoms with Gasteiger partial charge < -0.3 is 26.2 Å². The summed E-state index contributed by atoms with van der Waals surface area (Å²) in [5.41, 5.74) is 8.47. The molecule has 8 nitrogen and oxygen atoms in total. The molecule has 0 aliphatic heterocycles. The summed E-state index contributed by atoms with van der Waals surface area (Å²) in [5, 5.41) is 9.11. The highest BCUT2D eigenvalue weighted by Gasteiger charge is 2.16. The lowest BCUT2D eigenvalue weighted by atomic mass is 10.1. The molecule has 0 spiro atoms. The van der Waals surface area contributed by atoms with E-state index in [4.69, 9.17) is 5.73 Å². The van der Waals surface area contributed by atoms with Crippen LogP contribution in [0.15, 0.2) is 53.4 Å². The van der Waals surface area contributed by atoms with Gasteiger partial charge in [0, 0.05) is 43.1 Å².